The quantitative estimate of drug-likeness (QED) is 0.461. The van der Waals surface area contributed by atoms with E-state index in [1.54, 1.807) is 12.1 Å². The molecule has 1 aliphatic heterocycles. The van der Waals surface area contributed by atoms with Crippen LogP contribution >= 0.6 is 0 Å². The summed E-state index contributed by atoms with van der Waals surface area (Å²) >= 11 is 0. The van der Waals surface area contributed by atoms with E-state index in [4.69, 9.17) is 9.47 Å². The summed E-state index contributed by atoms with van der Waals surface area (Å²) < 4.78 is 25.7. The highest BCUT2D eigenvalue weighted by Crippen LogP contribution is 2.51. The summed E-state index contributed by atoms with van der Waals surface area (Å²) in [5.41, 5.74) is 3.70. The lowest BCUT2D eigenvalue weighted by molar-refractivity contribution is -0.120. The summed E-state index contributed by atoms with van der Waals surface area (Å²) in [4.78, 5) is 25.1. The topological polar surface area (TPSA) is 52.6 Å². The first-order valence-electron chi connectivity index (χ1n) is 10.7. The van der Waals surface area contributed by atoms with Gasteiger partial charge in [-0.05, 0) is 84.8 Å². The lowest BCUT2D eigenvalue weighted by atomic mass is 9.86. The van der Waals surface area contributed by atoms with E-state index in [9.17, 15) is 14.0 Å². The maximum atomic E-state index is 14.9. The van der Waals surface area contributed by atoms with Gasteiger partial charge in [-0.3, -0.25) is 9.59 Å². The van der Waals surface area contributed by atoms with Crippen molar-refractivity contribution in [1.29, 1.82) is 0 Å². The van der Waals surface area contributed by atoms with Crippen molar-refractivity contribution in [3.63, 3.8) is 0 Å². The number of carbonyl (C=O) groups excluding carboxylic acids is 2. The molecule has 5 rings (SSSR count). The van der Waals surface area contributed by atoms with Crippen LogP contribution in [0.2, 0.25) is 0 Å². The number of ether oxygens (including phenoxy) is 2. The average molecular weight is 432 g/mol. The Labute approximate surface area is 187 Å². The van der Waals surface area contributed by atoms with Crippen LogP contribution in [-0.4, -0.2) is 18.4 Å². The first kappa shape index (κ1) is 20.4. The molecular formula is C27H25FO4. The van der Waals surface area contributed by atoms with Crippen LogP contribution in [0, 0.1) is 12.7 Å². The number of fused-ring (bicyclic) bond motifs is 1. The van der Waals surface area contributed by atoms with Crippen LogP contribution in [0.1, 0.15) is 48.2 Å². The van der Waals surface area contributed by atoms with Gasteiger partial charge in [0.05, 0.1) is 5.41 Å². The molecule has 0 aromatic heterocycles. The second kappa shape index (κ2) is 7.59. The summed E-state index contributed by atoms with van der Waals surface area (Å²) in [7, 11) is 0. The van der Waals surface area contributed by atoms with Crippen LogP contribution in [0.3, 0.4) is 0 Å². The Balaban J connectivity index is 0.00000259. The van der Waals surface area contributed by atoms with E-state index in [0.29, 0.717) is 22.6 Å². The van der Waals surface area contributed by atoms with Crippen molar-refractivity contribution in [2.45, 2.75) is 38.5 Å². The molecule has 164 valence electrons. The number of ketones is 2. The number of Topliss-reactive ketones (excluding diaryl/α,β-unsaturated/α-hetero) is 2. The molecule has 0 atom stereocenters. The molecule has 2 aliphatic rings. The van der Waals surface area contributed by atoms with E-state index in [1.165, 1.54) is 13.0 Å². The fourth-order valence-corrected chi connectivity index (χ4v) is 4.46. The largest absolute Gasteiger partial charge is 0.454 e. The third kappa shape index (κ3) is 3.48. The average Bonchev–Trinajstić information content (AvgIpc) is 3.46. The molecule has 5 heteroatoms. The Bertz CT molecular complexity index is 1260. The van der Waals surface area contributed by atoms with Crippen molar-refractivity contribution < 1.29 is 24.9 Å². The van der Waals surface area contributed by atoms with E-state index in [-0.39, 0.29) is 32.0 Å². The zero-order valence-corrected chi connectivity index (χ0v) is 18.0. The minimum absolute atomic E-state index is 0. The maximum absolute atomic E-state index is 14.9. The number of carbonyl (C=O) groups is 2. The molecule has 0 radical (unpaired) electrons. The van der Waals surface area contributed by atoms with Gasteiger partial charge >= 0.3 is 0 Å². The van der Waals surface area contributed by atoms with Crippen LogP contribution in [0.5, 0.6) is 11.5 Å². The summed E-state index contributed by atoms with van der Waals surface area (Å²) in [5.74, 6) is 0.919. The Kier molecular flexibility index (Phi) is 4.85. The second-order valence-corrected chi connectivity index (χ2v) is 8.65. The summed E-state index contributed by atoms with van der Waals surface area (Å²) in [6.45, 7) is 3.54. The van der Waals surface area contributed by atoms with Crippen LogP contribution in [0.4, 0.5) is 4.39 Å². The lowest BCUT2D eigenvalue weighted by Gasteiger charge is -2.17. The fraction of sp³-hybridized carbons (Fsp3) is 0.259. The van der Waals surface area contributed by atoms with Gasteiger partial charge in [0.25, 0.3) is 0 Å². The number of benzene rings is 3. The SMILES string of the molecule is CC(=O)c1cccc(-c2cc(CC(=O)C3(c4ccc5c(c4)OCO5)CC3)c(F)cc2C)c1.[HH]. The van der Waals surface area contributed by atoms with Gasteiger partial charge < -0.3 is 9.47 Å². The van der Waals surface area contributed by atoms with Crippen LogP contribution < -0.4 is 9.47 Å². The third-order valence-electron chi connectivity index (χ3n) is 6.53. The molecule has 3 aromatic carbocycles. The molecule has 0 N–H and O–H groups in total. The van der Waals surface area contributed by atoms with Gasteiger partial charge in [-0.1, -0.05) is 24.3 Å². The molecule has 0 unspecified atom stereocenters. The van der Waals surface area contributed by atoms with Gasteiger partial charge in [0.15, 0.2) is 17.3 Å². The minimum Gasteiger partial charge on any atom is -0.454 e. The van der Waals surface area contributed by atoms with Crippen molar-refractivity contribution in [2.75, 3.05) is 6.79 Å². The second-order valence-electron chi connectivity index (χ2n) is 8.65. The highest BCUT2D eigenvalue weighted by Gasteiger charge is 2.51. The molecule has 32 heavy (non-hydrogen) atoms. The number of hydrogen-bond donors (Lipinski definition) is 0. The molecule has 1 fully saturated rings. The van der Waals surface area contributed by atoms with Gasteiger partial charge in [-0.2, -0.15) is 0 Å². The Morgan fingerprint density at radius 2 is 1.81 bits per heavy atom. The van der Waals surface area contributed by atoms with E-state index in [1.807, 2.05) is 43.3 Å². The van der Waals surface area contributed by atoms with Gasteiger partial charge in [-0.25, -0.2) is 4.39 Å². The van der Waals surface area contributed by atoms with E-state index < -0.39 is 5.41 Å². The number of hydrogen-bond acceptors (Lipinski definition) is 4. The Hall–Kier alpha value is -3.47. The predicted molar refractivity (Wildman–Crippen MR) is 121 cm³/mol. The molecule has 1 heterocycles. The molecule has 1 aliphatic carbocycles. The molecule has 0 bridgehead atoms. The normalized spacial score (nSPS) is 15.5. The summed E-state index contributed by atoms with van der Waals surface area (Å²) in [6.07, 6.45) is 1.50. The van der Waals surface area contributed by atoms with Crippen molar-refractivity contribution in [3.05, 3.63) is 82.7 Å². The molecule has 4 nitrogen and oxygen atoms in total. The smallest absolute Gasteiger partial charge is 0.231 e. The number of rotatable bonds is 6. The maximum Gasteiger partial charge on any atom is 0.231 e. The van der Waals surface area contributed by atoms with Gasteiger partial charge in [-0.15, -0.1) is 0 Å². The molecular weight excluding hydrogens is 407 g/mol. The fourth-order valence-electron chi connectivity index (χ4n) is 4.46. The van der Waals surface area contributed by atoms with E-state index >= 15 is 0 Å². The predicted octanol–water partition coefficient (Wildman–Crippen LogP) is 5.82. The van der Waals surface area contributed by atoms with Crippen molar-refractivity contribution in [2.24, 2.45) is 0 Å². The third-order valence-corrected chi connectivity index (χ3v) is 6.53. The minimum atomic E-state index is -0.590. The van der Waals surface area contributed by atoms with Gasteiger partial charge in [0.2, 0.25) is 6.79 Å². The summed E-state index contributed by atoms with van der Waals surface area (Å²) in [6, 6.07) is 16.1. The Morgan fingerprint density at radius 3 is 2.56 bits per heavy atom. The first-order valence-corrected chi connectivity index (χ1v) is 10.7. The van der Waals surface area contributed by atoms with Crippen molar-refractivity contribution in [3.8, 4) is 22.6 Å². The number of aryl methyl sites for hydroxylation is 1. The standard InChI is InChI=1S/C27H23FO4.H2/c1-16-10-23(28)20(12-22(16)19-5-3-4-18(11-19)17(2)29)13-26(30)27(8-9-27)21-6-7-24-25(14-21)32-15-31-24;/h3-7,10-12,14H,8-9,13,15H2,1-2H3;1H. The molecule has 0 spiro atoms. The van der Waals surface area contributed by atoms with E-state index in [0.717, 1.165) is 35.1 Å². The molecule has 0 saturated heterocycles. The van der Waals surface area contributed by atoms with Crippen LogP contribution in [0.25, 0.3) is 11.1 Å². The molecule has 0 amide bonds. The summed E-state index contributed by atoms with van der Waals surface area (Å²) in [5, 5.41) is 0. The molecule has 1 saturated carbocycles. The highest BCUT2D eigenvalue weighted by molar-refractivity contribution is 5.96. The zero-order chi connectivity index (χ0) is 22.5. The van der Waals surface area contributed by atoms with Gasteiger partial charge in [0.1, 0.15) is 11.6 Å². The van der Waals surface area contributed by atoms with Crippen molar-refractivity contribution in [1.82, 2.24) is 0 Å². The number of halogens is 1. The van der Waals surface area contributed by atoms with Crippen molar-refractivity contribution >= 4 is 11.6 Å². The Morgan fingerprint density at radius 1 is 1.03 bits per heavy atom. The van der Waals surface area contributed by atoms with Gasteiger partial charge in [0, 0.05) is 13.4 Å². The highest BCUT2D eigenvalue weighted by atomic mass is 19.1. The first-order chi connectivity index (χ1) is 15.4. The zero-order valence-electron chi connectivity index (χ0n) is 18.0. The van der Waals surface area contributed by atoms with Crippen LogP contribution in [-0.2, 0) is 16.6 Å². The lowest BCUT2D eigenvalue weighted by Crippen LogP contribution is -2.23. The van der Waals surface area contributed by atoms with E-state index in [2.05, 4.69) is 0 Å². The monoisotopic (exact) mass is 432 g/mol. The van der Waals surface area contributed by atoms with Crippen LogP contribution in [0.15, 0.2) is 54.6 Å². The molecule has 3 aromatic rings.